The van der Waals surface area contributed by atoms with Gasteiger partial charge in [-0.3, -0.25) is 9.59 Å². The lowest BCUT2D eigenvalue weighted by molar-refractivity contribution is -0.135. The third kappa shape index (κ3) is 3.03. The van der Waals surface area contributed by atoms with Crippen molar-refractivity contribution in [2.75, 3.05) is 6.54 Å². The predicted molar refractivity (Wildman–Crippen MR) is 70.0 cm³/mol. The van der Waals surface area contributed by atoms with Crippen LogP contribution in [0.4, 0.5) is 0 Å². The quantitative estimate of drug-likeness (QED) is 0.831. The molecule has 0 spiro atoms. The highest BCUT2D eigenvalue weighted by Crippen LogP contribution is 2.25. The largest absolute Gasteiger partial charge is 0.344 e. The summed E-state index contributed by atoms with van der Waals surface area (Å²) >= 11 is 0. The molecule has 2 aliphatic rings. The fourth-order valence-electron chi connectivity index (χ4n) is 3.07. The van der Waals surface area contributed by atoms with E-state index in [1.54, 1.807) is 0 Å². The molecule has 1 saturated carbocycles. The van der Waals surface area contributed by atoms with Crippen LogP contribution in [0.15, 0.2) is 0 Å². The number of amides is 2. The zero-order valence-electron chi connectivity index (χ0n) is 11.4. The van der Waals surface area contributed by atoms with Gasteiger partial charge in [0.2, 0.25) is 11.8 Å². The van der Waals surface area contributed by atoms with Gasteiger partial charge in [0, 0.05) is 19.0 Å². The van der Waals surface area contributed by atoms with Crippen molar-refractivity contribution in [1.82, 2.24) is 10.2 Å². The first-order valence-corrected chi connectivity index (χ1v) is 7.17. The van der Waals surface area contributed by atoms with Crippen LogP contribution in [0.25, 0.3) is 0 Å². The molecule has 1 saturated heterocycles. The molecule has 1 atom stereocenters. The molecule has 1 aliphatic carbocycles. The van der Waals surface area contributed by atoms with Crippen molar-refractivity contribution in [2.45, 2.75) is 64.5 Å². The fourth-order valence-corrected chi connectivity index (χ4v) is 3.07. The molecular formula is C14H24N2O2. The molecule has 2 rings (SSSR count). The van der Waals surface area contributed by atoms with Gasteiger partial charge in [-0.05, 0) is 25.2 Å². The zero-order chi connectivity index (χ0) is 13.1. The van der Waals surface area contributed by atoms with Crippen molar-refractivity contribution in [3.05, 3.63) is 0 Å². The van der Waals surface area contributed by atoms with Crippen LogP contribution in [0.2, 0.25) is 0 Å². The summed E-state index contributed by atoms with van der Waals surface area (Å²) in [6.07, 6.45) is 5.84. The van der Waals surface area contributed by atoms with E-state index in [-0.39, 0.29) is 17.9 Å². The van der Waals surface area contributed by atoms with Crippen LogP contribution >= 0.6 is 0 Å². The first-order chi connectivity index (χ1) is 8.58. The van der Waals surface area contributed by atoms with Crippen LogP contribution in [0.5, 0.6) is 0 Å². The number of nitrogens with zero attached hydrogens (tertiary/aromatic N) is 1. The van der Waals surface area contributed by atoms with E-state index in [4.69, 9.17) is 0 Å². The Hall–Kier alpha value is -1.06. The lowest BCUT2D eigenvalue weighted by atomic mass is 10.0. The van der Waals surface area contributed by atoms with Gasteiger partial charge < -0.3 is 10.2 Å². The number of nitrogens with one attached hydrogen (secondary N) is 1. The summed E-state index contributed by atoms with van der Waals surface area (Å²) in [4.78, 5) is 26.2. The maximum absolute atomic E-state index is 12.5. The van der Waals surface area contributed by atoms with E-state index in [2.05, 4.69) is 19.2 Å². The highest BCUT2D eigenvalue weighted by atomic mass is 16.2. The van der Waals surface area contributed by atoms with Crippen LogP contribution in [-0.2, 0) is 9.59 Å². The second-order valence-electron chi connectivity index (χ2n) is 5.97. The van der Waals surface area contributed by atoms with Gasteiger partial charge in [0.15, 0.2) is 0 Å². The Morgan fingerprint density at radius 2 is 1.94 bits per heavy atom. The van der Waals surface area contributed by atoms with Gasteiger partial charge in [-0.2, -0.15) is 0 Å². The molecule has 0 radical (unpaired) electrons. The first-order valence-electron chi connectivity index (χ1n) is 7.17. The van der Waals surface area contributed by atoms with Gasteiger partial charge in [0.25, 0.3) is 0 Å². The third-order valence-corrected chi connectivity index (χ3v) is 3.97. The maximum atomic E-state index is 12.5. The lowest BCUT2D eigenvalue weighted by Crippen LogP contribution is -2.48. The Kier molecular flexibility index (Phi) is 4.25. The molecule has 1 heterocycles. The molecule has 2 amide bonds. The minimum atomic E-state index is -0.305. The molecule has 0 aromatic heterocycles. The van der Waals surface area contributed by atoms with E-state index in [1.807, 2.05) is 4.90 Å². The minimum absolute atomic E-state index is 0.0227. The van der Waals surface area contributed by atoms with Gasteiger partial charge in [-0.25, -0.2) is 0 Å². The Bertz CT molecular complexity index is 322. The molecule has 18 heavy (non-hydrogen) atoms. The van der Waals surface area contributed by atoms with Crippen LogP contribution in [0, 0.1) is 5.92 Å². The minimum Gasteiger partial charge on any atom is -0.344 e. The van der Waals surface area contributed by atoms with Gasteiger partial charge in [0.05, 0.1) is 0 Å². The third-order valence-electron chi connectivity index (χ3n) is 3.97. The van der Waals surface area contributed by atoms with Crippen LogP contribution in [0.3, 0.4) is 0 Å². The molecule has 4 nitrogen and oxygen atoms in total. The summed E-state index contributed by atoms with van der Waals surface area (Å²) in [6, 6.07) is 0.0699. The average molecular weight is 252 g/mol. The van der Waals surface area contributed by atoms with Gasteiger partial charge in [-0.15, -0.1) is 0 Å². The van der Waals surface area contributed by atoms with Crippen molar-refractivity contribution in [3.63, 3.8) is 0 Å². The molecule has 0 bridgehead atoms. The summed E-state index contributed by atoms with van der Waals surface area (Å²) in [6.45, 7) is 4.78. The lowest BCUT2D eigenvalue weighted by Gasteiger charge is -2.30. The number of carbonyl (C=O) groups excluding carboxylic acids is 2. The van der Waals surface area contributed by atoms with Crippen molar-refractivity contribution in [3.8, 4) is 0 Å². The fraction of sp³-hybridized carbons (Fsp3) is 0.857. The topological polar surface area (TPSA) is 49.4 Å². The number of carbonyl (C=O) groups is 2. The Morgan fingerprint density at radius 1 is 1.28 bits per heavy atom. The van der Waals surface area contributed by atoms with E-state index < -0.39 is 0 Å². The van der Waals surface area contributed by atoms with Crippen molar-refractivity contribution < 1.29 is 9.59 Å². The van der Waals surface area contributed by atoms with Crippen LogP contribution in [0.1, 0.15) is 52.4 Å². The summed E-state index contributed by atoms with van der Waals surface area (Å²) in [5.41, 5.74) is 0. The Morgan fingerprint density at radius 3 is 2.56 bits per heavy atom. The van der Waals surface area contributed by atoms with Gasteiger partial charge in [0.1, 0.15) is 6.04 Å². The van der Waals surface area contributed by atoms with Gasteiger partial charge in [-0.1, -0.05) is 26.7 Å². The molecule has 0 aromatic carbocycles. The Balaban J connectivity index is 2.09. The van der Waals surface area contributed by atoms with Crippen molar-refractivity contribution in [1.29, 1.82) is 0 Å². The van der Waals surface area contributed by atoms with Crippen LogP contribution < -0.4 is 5.32 Å². The highest BCUT2D eigenvalue weighted by Gasteiger charge is 2.34. The second kappa shape index (κ2) is 5.72. The standard InChI is InChI=1S/C14H24N2O2/c1-10(2)9-12-14(18)16(8-7-13(17)15-12)11-5-3-4-6-11/h10-12H,3-9H2,1-2H3,(H,15,17). The molecule has 4 heteroatoms. The number of rotatable bonds is 3. The molecular weight excluding hydrogens is 228 g/mol. The smallest absolute Gasteiger partial charge is 0.245 e. The summed E-state index contributed by atoms with van der Waals surface area (Å²) in [5.74, 6) is 0.582. The van der Waals surface area contributed by atoms with E-state index in [0.29, 0.717) is 24.9 Å². The SMILES string of the molecule is CC(C)CC1NC(=O)CCN(C2CCCC2)C1=O. The molecule has 1 N–H and O–H groups in total. The highest BCUT2D eigenvalue weighted by molar-refractivity contribution is 5.90. The molecule has 0 aromatic rings. The molecule has 1 aliphatic heterocycles. The zero-order valence-corrected chi connectivity index (χ0v) is 11.4. The normalized spacial score (nSPS) is 26.6. The molecule has 2 fully saturated rings. The average Bonchev–Trinajstić information content (AvgIpc) is 2.77. The summed E-state index contributed by atoms with van der Waals surface area (Å²) in [5, 5.41) is 2.88. The monoisotopic (exact) mass is 252 g/mol. The molecule has 102 valence electrons. The molecule has 1 unspecified atom stereocenters. The maximum Gasteiger partial charge on any atom is 0.245 e. The Labute approximate surface area is 109 Å². The second-order valence-corrected chi connectivity index (χ2v) is 5.97. The van der Waals surface area contributed by atoms with E-state index >= 15 is 0 Å². The van der Waals surface area contributed by atoms with E-state index in [0.717, 1.165) is 19.3 Å². The van der Waals surface area contributed by atoms with Crippen LogP contribution in [-0.4, -0.2) is 35.3 Å². The summed E-state index contributed by atoms with van der Waals surface area (Å²) < 4.78 is 0. The first kappa shape index (κ1) is 13.4. The van der Waals surface area contributed by atoms with Crippen molar-refractivity contribution in [2.24, 2.45) is 5.92 Å². The predicted octanol–water partition coefficient (Wildman–Crippen LogP) is 1.69. The van der Waals surface area contributed by atoms with Gasteiger partial charge >= 0.3 is 0 Å². The number of hydrogen-bond acceptors (Lipinski definition) is 2. The van der Waals surface area contributed by atoms with E-state index in [1.165, 1.54) is 12.8 Å². The summed E-state index contributed by atoms with van der Waals surface area (Å²) in [7, 11) is 0. The van der Waals surface area contributed by atoms with E-state index in [9.17, 15) is 9.59 Å². The number of hydrogen-bond donors (Lipinski definition) is 1. The van der Waals surface area contributed by atoms with Crippen molar-refractivity contribution >= 4 is 11.8 Å².